The molecule has 1 heterocycles. The first kappa shape index (κ1) is 22.7. The Labute approximate surface area is 174 Å². The Balaban J connectivity index is 0.00000338. The van der Waals surface area contributed by atoms with E-state index in [0.29, 0.717) is 19.0 Å². The normalized spacial score (nSPS) is 17.6. The number of guanidine groups is 1. The number of benzene rings is 1. The van der Waals surface area contributed by atoms with E-state index in [9.17, 15) is 4.79 Å². The lowest BCUT2D eigenvalue weighted by Gasteiger charge is -2.21. The summed E-state index contributed by atoms with van der Waals surface area (Å²) in [5, 5.41) is 6.68. The maximum Gasteiger partial charge on any atom is 0.229 e. The lowest BCUT2D eigenvalue weighted by atomic mass is 10.2. The van der Waals surface area contributed by atoms with Gasteiger partial charge in [-0.25, -0.2) is 0 Å². The van der Waals surface area contributed by atoms with E-state index in [-0.39, 0.29) is 35.9 Å². The van der Waals surface area contributed by atoms with Gasteiger partial charge in [-0.2, -0.15) is 0 Å². The number of nitrogens with one attached hydrogen (secondary N) is 2. The molecule has 0 bridgehead atoms. The minimum Gasteiger partial charge on any atom is -0.357 e. The number of carbonyl (C=O) groups excluding carboxylic acids is 1. The third-order valence-electron chi connectivity index (χ3n) is 4.48. The summed E-state index contributed by atoms with van der Waals surface area (Å²) >= 11 is 0. The molecule has 146 valence electrons. The van der Waals surface area contributed by atoms with Crippen LogP contribution in [0.5, 0.6) is 0 Å². The van der Waals surface area contributed by atoms with Crippen LogP contribution in [0.3, 0.4) is 0 Å². The average Bonchev–Trinajstić information content (AvgIpc) is 2.96. The molecule has 1 atom stereocenters. The highest BCUT2D eigenvalue weighted by molar-refractivity contribution is 14.0. The Morgan fingerprint density at radius 2 is 2.04 bits per heavy atom. The molecule has 1 fully saturated rings. The lowest BCUT2D eigenvalue weighted by molar-refractivity contribution is -0.117. The summed E-state index contributed by atoms with van der Waals surface area (Å²) in [5.74, 6) is 0.937. The second-order valence-electron chi connectivity index (χ2n) is 6.72. The summed E-state index contributed by atoms with van der Waals surface area (Å²) in [6, 6.07) is 10.4. The molecule has 6 nitrogen and oxygen atoms in total. The zero-order valence-electron chi connectivity index (χ0n) is 16.2. The van der Waals surface area contributed by atoms with Crippen molar-refractivity contribution in [2.45, 2.75) is 39.3 Å². The lowest BCUT2D eigenvalue weighted by Crippen LogP contribution is -2.45. The number of rotatable bonds is 7. The van der Waals surface area contributed by atoms with Crippen LogP contribution < -0.4 is 15.5 Å². The summed E-state index contributed by atoms with van der Waals surface area (Å²) in [6.07, 6.45) is 0.491. The highest BCUT2D eigenvalue weighted by Crippen LogP contribution is 2.20. The predicted octanol–water partition coefficient (Wildman–Crippen LogP) is 2.31. The molecule has 0 aliphatic carbocycles. The molecule has 1 aromatic rings. The standard InChI is InChI=1S/C19H31N5O.HI/c1-5-20-19(21-11-12-23(4)15(2)3)22-16-13-18(25)24(14-16)17-9-7-6-8-10-17;/h6-10,15-16H,5,11-14H2,1-4H3,(H2,20,21,22);1H. The van der Waals surface area contributed by atoms with Crippen LogP contribution >= 0.6 is 24.0 Å². The van der Waals surface area contributed by atoms with Crippen molar-refractivity contribution in [3.8, 4) is 0 Å². The van der Waals surface area contributed by atoms with Crippen LogP contribution in [-0.4, -0.2) is 62.1 Å². The van der Waals surface area contributed by atoms with Gasteiger partial charge in [-0.1, -0.05) is 18.2 Å². The molecule has 0 saturated carbocycles. The molecule has 1 aliphatic heterocycles. The van der Waals surface area contributed by atoms with Crippen LogP contribution in [0, 0.1) is 0 Å². The van der Waals surface area contributed by atoms with E-state index >= 15 is 0 Å². The average molecular weight is 473 g/mol. The first-order chi connectivity index (χ1) is 12.0. The molecule has 2 rings (SSSR count). The van der Waals surface area contributed by atoms with E-state index in [1.54, 1.807) is 0 Å². The van der Waals surface area contributed by atoms with Gasteiger partial charge in [0.25, 0.3) is 0 Å². The summed E-state index contributed by atoms with van der Waals surface area (Å²) < 4.78 is 0. The van der Waals surface area contributed by atoms with Gasteiger partial charge in [0.2, 0.25) is 5.91 Å². The molecule has 0 aromatic heterocycles. The number of carbonyl (C=O) groups is 1. The summed E-state index contributed by atoms with van der Waals surface area (Å²) in [6.45, 7) is 9.51. The van der Waals surface area contributed by atoms with Crippen molar-refractivity contribution in [2.75, 3.05) is 38.1 Å². The predicted molar refractivity (Wildman–Crippen MR) is 119 cm³/mol. The SMILES string of the molecule is CCNC(=NCCN(C)C(C)C)NC1CC(=O)N(c2ccccc2)C1.I. The number of anilines is 1. The first-order valence-electron chi connectivity index (χ1n) is 9.11. The van der Waals surface area contributed by atoms with Crippen LogP contribution in [0.25, 0.3) is 0 Å². The summed E-state index contributed by atoms with van der Waals surface area (Å²) in [4.78, 5) is 21.1. The van der Waals surface area contributed by atoms with Gasteiger partial charge in [-0.05, 0) is 40.0 Å². The largest absolute Gasteiger partial charge is 0.357 e. The molecule has 1 saturated heterocycles. The molecular weight excluding hydrogens is 441 g/mol. The fraction of sp³-hybridized carbons (Fsp3) is 0.579. The van der Waals surface area contributed by atoms with Crippen LogP contribution in [-0.2, 0) is 4.79 Å². The molecule has 1 aromatic carbocycles. The van der Waals surface area contributed by atoms with Crippen molar-refractivity contribution in [1.29, 1.82) is 0 Å². The Hall–Kier alpha value is -1.35. The zero-order valence-corrected chi connectivity index (χ0v) is 18.6. The second-order valence-corrected chi connectivity index (χ2v) is 6.72. The summed E-state index contributed by atoms with van der Waals surface area (Å²) in [7, 11) is 2.11. The van der Waals surface area contributed by atoms with Gasteiger partial charge >= 0.3 is 0 Å². The molecule has 2 N–H and O–H groups in total. The van der Waals surface area contributed by atoms with Crippen molar-refractivity contribution in [1.82, 2.24) is 15.5 Å². The maximum atomic E-state index is 12.3. The molecule has 0 spiro atoms. The third kappa shape index (κ3) is 6.75. The highest BCUT2D eigenvalue weighted by atomic mass is 127. The van der Waals surface area contributed by atoms with Crippen molar-refractivity contribution in [3.05, 3.63) is 30.3 Å². The smallest absolute Gasteiger partial charge is 0.229 e. The summed E-state index contributed by atoms with van der Waals surface area (Å²) in [5.41, 5.74) is 0.956. The van der Waals surface area contributed by atoms with Gasteiger partial charge in [0.1, 0.15) is 0 Å². The van der Waals surface area contributed by atoms with Crippen LogP contribution in [0.4, 0.5) is 5.69 Å². The second kappa shape index (κ2) is 11.4. The maximum absolute atomic E-state index is 12.3. The number of para-hydroxylation sites is 1. The first-order valence-corrected chi connectivity index (χ1v) is 9.11. The fourth-order valence-corrected chi connectivity index (χ4v) is 2.75. The Bertz CT molecular complexity index is 579. The number of nitrogens with zero attached hydrogens (tertiary/aromatic N) is 3. The Kier molecular flexibility index (Phi) is 9.93. The van der Waals surface area contributed by atoms with Crippen LogP contribution in [0.15, 0.2) is 35.3 Å². The Morgan fingerprint density at radius 3 is 2.65 bits per heavy atom. The fourth-order valence-electron chi connectivity index (χ4n) is 2.75. The van der Waals surface area contributed by atoms with E-state index < -0.39 is 0 Å². The van der Waals surface area contributed by atoms with Crippen LogP contribution in [0.2, 0.25) is 0 Å². The van der Waals surface area contributed by atoms with Gasteiger partial charge in [-0.15, -0.1) is 24.0 Å². The number of hydrogen-bond donors (Lipinski definition) is 2. The number of halogens is 1. The van der Waals surface area contributed by atoms with E-state index in [4.69, 9.17) is 0 Å². The number of amides is 1. The Morgan fingerprint density at radius 1 is 1.35 bits per heavy atom. The van der Waals surface area contributed by atoms with Crippen LogP contribution in [0.1, 0.15) is 27.2 Å². The van der Waals surface area contributed by atoms with Gasteiger partial charge < -0.3 is 20.4 Å². The molecule has 7 heteroatoms. The zero-order chi connectivity index (χ0) is 18.2. The van der Waals surface area contributed by atoms with Gasteiger partial charge in [0.15, 0.2) is 5.96 Å². The van der Waals surface area contributed by atoms with Gasteiger partial charge in [0.05, 0.1) is 12.6 Å². The monoisotopic (exact) mass is 473 g/mol. The van der Waals surface area contributed by atoms with E-state index in [1.165, 1.54) is 0 Å². The minimum absolute atomic E-state index is 0. The molecule has 1 amide bonds. The van der Waals surface area contributed by atoms with E-state index in [1.807, 2.05) is 42.2 Å². The van der Waals surface area contributed by atoms with Crippen molar-refractivity contribution >= 4 is 41.5 Å². The van der Waals surface area contributed by atoms with Gasteiger partial charge in [-0.3, -0.25) is 9.79 Å². The molecule has 1 unspecified atom stereocenters. The van der Waals surface area contributed by atoms with Gasteiger partial charge in [0, 0.05) is 37.8 Å². The quantitative estimate of drug-likeness (QED) is 0.363. The highest BCUT2D eigenvalue weighted by Gasteiger charge is 2.30. The van der Waals surface area contributed by atoms with Crippen molar-refractivity contribution < 1.29 is 4.79 Å². The van der Waals surface area contributed by atoms with Crippen molar-refractivity contribution in [2.24, 2.45) is 4.99 Å². The number of aliphatic imine (C=N–C) groups is 1. The van der Waals surface area contributed by atoms with E-state index in [2.05, 4.69) is 41.4 Å². The molecule has 0 radical (unpaired) electrons. The number of hydrogen-bond acceptors (Lipinski definition) is 3. The molecule has 26 heavy (non-hydrogen) atoms. The van der Waals surface area contributed by atoms with Crippen molar-refractivity contribution in [3.63, 3.8) is 0 Å². The molecule has 1 aliphatic rings. The third-order valence-corrected chi connectivity index (χ3v) is 4.48. The minimum atomic E-state index is 0. The molecular formula is C19H32IN5O. The number of likely N-dealkylation sites (N-methyl/N-ethyl adjacent to an activating group) is 1. The topological polar surface area (TPSA) is 60.0 Å². The van der Waals surface area contributed by atoms with E-state index in [0.717, 1.165) is 31.3 Å².